The van der Waals surface area contributed by atoms with E-state index in [4.69, 9.17) is 18.7 Å². The van der Waals surface area contributed by atoms with Gasteiger partial charge in [-0.3, -0.25) is 9.98 Å². The molecule has 0 spiro atoms. The van der Waals surface area contributed by atoms with Crippen molar-refractivity contribution in [1.29, 1.82) is 0 Å². The number of aryl methyl sites for hydroxylation is 4. The number of benzene rings is 2. The van der Waals surface area contributed by atoms with E-state index >= 15 is 0 Å². The van der Waals surface area contributed by atoms with Crippen LogP contribution in [-0.4, -0.2) is 32.1 Å². The molecule has 0 aliphatic carbocycles. The summed E-state index contributed by atoms with van der Waals surface area (Å²) in [5, 5.41) is 0. The quantitative estimate of drug-likeness (QED) is 0.153. The van der Waals surface area contributed by atoms with Gasteiger partial charge in [-0.2, -0.15) is 0 Å². The Morgan fingerprint density at radius 2 is 1.17 bits per heavy atom. The van der Waals surface area contributed by atoms with E-state index in [2.05, 4.69) is 85.0 Å². The van der Waals surface area contributed by atoms with E-state index < -0.39 is 17.7 Å². The summed E-state index contributed by atoms with van der Waals surface area (Å²) >= 11 is -3.51. The zero-order valence-electron chi connectivity index (χ0n) is 20.7. The number of halogens is 3. The van der Waals surface area contributed by atoms with E-state index in [0.717, 1.165) is 22.8 Å². The van der Waals surface area contributed by atoms with Gasteiger partial charge in [-0.05, 0) is 62.1 Å². The molecule has 2 aromatic carbocycles. The van der Waals surface area contributed by atoms with E-state index in [1.165, 1.54) is 22.3 Å². The first-order valence-corrected chi connectivity index (χ1v) is 11.1. The Bertz CT molecular complexity index is 1110. The molecule has 3 rings (SSSR count). The fourth-order valence-electron chi connectivity index (χ4n) is 3.16. The third kappa shape index (κ3) is 10.2. The van der Waals surface area contributed by atoms with Gasteiger partial charge in [0.2, 0.25) is 0 Å². The number of nitrogens with zero attached hydrogens (tertiary/aromatic N) is 3. The van der Waals surface area contributed by atoms with E-state index in [1.54, 1.807) is 0 Å². The molecule has 1 unspecified atom stereocenters. The van der Waals surface area contributed by atoms with Gasteiger partial charge in [-0.25, -0.2) is 8.39 Å². The molecule has 1 atom stereocenters. The van der Waals surface area contributed by atoms with Gasteiger partial charge in [0.1, 0.15) is 0 Å². The normalized spacial score (nSPS) is 12.0. The van der Waals surface area contributed by atoms with Crippen LogP contribution in [-0.2, 0) is 39.7 Å². The van der Waals surface area contributed by atoms with Crippen LogP contribution < -0.4 is 0 Å². The van der Waals surface area contributed by atoms with E-state index in [0.29, 0.717) is 0 Å². The Kier molecular flexibility index (Phi) is 13.8. The summed E-state index contributed by atoms with van der Waals surface area (Å²) in [5.74, 6) is 0. The van der Waals surface area contributed by atoms with Crippen molar-refractivity contribution in [3.05, 3.63) is 89.6 Å². The molecule has 0 aliphatic heterocycles. The van der Waals surface area contributed by atoms with Crippen LogP contribution in [0.3, 0.4) is 0 Å². The maximum Gasteiger partial charge on any atom is 2.00 e. The van der Waals surface area contributed by atoms with Crippen molar-refractivity contribution < 1.29 is 43.2 Å². The van der Waals surface area contributed by atoms with Crippen molar-refractivity contribution in [2.75, 3.05) is 0 Å². The smallest absolute Gasteiger partial charge is 0.750 e. The topological polar surface area (TPSA) is 79.0 Å². The fraction of sp³-hybridized carbons (Fsp3) is 0.240. The first-order valence-electron chi connectivity index (χ1n) is 10.1. The number of aromatic nitrogens is 1. The average molecular weight is 563 g/mol. The van der Waals surface area contributed by atoms with Crippen LogP contribution in [0.5, 0.6) is 0 Å². The first-order chi connectivity index (χ1) is 15.9. The summed E-state index contributed by atoms with van der Waals surface area (Å²) in [6, 6.07) is 16.6. The summed E-state index contributed by atoms with van der Waals surface area (Å²) in [7, 11) is 2.04. The monoisotopic (exact) mass is 563 g/mol. The van der Waals surface area contributed by atoms with Gasteiger partial charge in [0.25, 0.3) is 0 Å². The Labute approximate surface area is 223 Å². The minimum atomic E-state index is -5.09. The number of aliphatic imine (C=N–C) groups is 2. The predicted octanol–water partition coefficient (Wildman–Crippen LogP) is 6.52. The van der Waals surface area contributed by atoms with Crippen LogP contribution in [0.1, 0.15) is 33.6 Å². The molecule has 3 aromatic rings. The number of rotatable bonds is 5. The molecular formula is C25H28F3FeN3O3S. The second-order valence-corrected chi connectivity index (χ2v) is 8.05. The number of hydrogen-bond donors (Lipinski definition) is 0. The zero-order valence-corrected chi connectivity index (χ0v) is 22.7. The average Bonchev–Trinajstić information content (AvgIpc) is 3.05. The summed E-state index contributed by atoms with van der Waals surface area (Å²) in [6.45, 7) is 8.36. The minimum Gasteiger partial charge on any atom is -0.750 e. The predicted molar refractivity (Wildman–Crippen MR) is 134 cm³/mol. The molecule has 196 valence electrons. The molecule has 11 heteroatoms. The van der Waals surface area contributed by atoms with E-state index in [9.17, 15) is 13.2 Å². The van der Waals surface area contributed by atoms with Gasteiger partial charge in [0, 0.05) is 7.05 Å². The SMILES string of the molecule is Cc1cccc(C)c1N=Cc1ccc(C=Nc2c(C)cccc2C)n1C.O=S([O-])OC(F)(F)F.[CH3-].[Fe+2]. The molecule has 0 bridgehead atoms. The molecule has 1 aromatic heterocycles. The van der Waals surface area contributed by atoms with Gasteiger partial charge in [-0.1, -0.05) is 36.4 Å². The first kappa shape index (κ1) is 33.4. The summed E-state index contributed by atoms with van der Waals surface area (Å²) in [6.07, 6.45) is -1.25. The largest absolute Gasteiger partial charge is 2.00 e. The second-order valence-electron chi connectivity index (χ2n) is 7.47. The van der Waals surface area contributed by atoms with Crippen LogP contribution in [0.4, 0.5) is 24.5 Å². The van der Waals surface area contributed by atoms with Gasteiger partial charge < -0.3 is 16.5 Å². The number of para-hydroxylation sites is 2. The Morgan fingerprint density at radius 3 is 1.42 bits per heavy atom. The molecule has 36 heavy (non-hydrogen) atoms. The summed E-state index contributed by atoms with van der Waals surface area (Å²) in [4.78, 5) is 9.41. The summed E-state index contributed by atoms with van der Waals surface area (Å²) < 4.78 is 54.7. The maximum atomic E-state index is 10.7. The van der Waals surface area contributed by atoms with Crippen molar-refractivity contribution in [3.63, 3.8) is 0 Å². The van der Waals surface area contributed by atoms with Gasteiger partial charge in [-0.15, -0.1) is 13.2 Å². The molecule has 6 nitrogen and oxygen atoms in total. The van der Waals surface area contributed by atoms with Crippen LogP contribution in [0.15, 0.2) is 58.5 Å². The van der Waals surface area contributed by atoms with Gasteiger partial charge >= 0.3 is 23.4 Å². The van der Waals surface area contributed by atoms with Gasteiger partial charge in [0.15, 0.2) is 0 Å². The molecule has 0 N–H and O–H groups in total. The second kappa shape index (κ2) is 14.9. The van der Waals surface area contributed by atoms with Crippen molar-refractivity contribution in [2.24, 2.45) is 17.0 Å². The number of hydrogen-bond acceptors (Lipinski definition) is 5. The Hall–Kier alpha value is -2.56. The molecule has 0 saturated heterocycles. The van der Waals surface area contributed by atoms with E-state index in [1.807, 2.05) is 19.5 Å². The third-order valence-corrected chi connectivity index (χ3v) is 5.22. The standard InChI is InChI=1S/C23H25N3.CHF3O3S.CH3.Fe/c1-16-8-6-9-17(2)22(16)24-14-20-12-13-21(26(20)5)15-25-23-18(3)10-7-11-19(23)4;2-1(3,4)7-8(5)6;;/h6-15H,1-5H3;(H,5,6);1H3;/q;;-1;+2/p-1. The Balaban J connectivity index is 0.00000107. The summed E-state index contributed by atoms with van der Waals surface area (Å²) in [5.41, 5.74) is 8.93. The van der Waals surface area contributed by atoms with Crippen LogP contribution >= 0.6 is 0 Å². The molecule has 1 heterocycles. The molecule has 0 aliphatic rings. The number of alkyl halides is 3. The molecule has 0 radical (unpaired) electrons. The fourth-order valence-corrected chi connectivity index (χ4v) is 3.31. The van der Waals surface area contributed by atoms with Crippen molar-refractivity contribution >= 4 is 35.2 Å². The van der Waals surface area contributed by atoms with Gasteiger partial charge in [0.05, 0.1) is 46.6 Å². The minimum absolute atomic E-state index is 0. The van der Waals surface area contributed by atoms with Crippen molar-refractivity contribution in [1.82, 2.24) is 4.57 Å². The molecule has 0 saturated carbocycles. The van der Waals surface area contributed by atoms with Crippen LogP contribution in [0.2, 0.25) is 0 Å². The maximum absolute atomic E-state index is 10.7. The van der Waals surface area contributed by atoms with Crippen molar-refractivity contribution in [3.8, 4) is 0 Å². The van der Waals surface area contributed by atoms with Crippen molar-refractivity contribution in [2.45, 2.75) is 34.1 Å². The Morgan fingerprint density at radius 1 is 0.833 bits per heavy atom. The molecule has 0 fully saturated rings. The zero-order chi connectivity index (χ0) is 25.5. The van der Waals surface area contributed by atoms with Crippen LogP contribution in [0, 0.1) is 35.1 Å². The van der Waals surface area contributed by atoms with Crippen LogP contribution in [0.25, 0.3) is 0 Å². The third-order valence-electron chi connectivity index (χ3n) is 4.89. The van der Waals surface area contributed by atoms with E-state index in [-0.39, 0.29) is 24.5 Å². The molecule has 0 amide bonds. The molecular weight excluding hydrogens is 535 g/mol.